The van der Waals surface area contributed by atoms with Crippen LogP contribution in [0.5, 0.6) is 11.5 Å². The predicted molar refractivity (Wildman–Crippen MR) is 85.2 cm³/mol. The average molecular weight is 279 g/mol. The molecule has 2 atom stereocenters. The Hall–Kier alpha value is -1.80. The summed E-state index contributed by atoms with van der Waals surface area (Å²) in [7, 11) is 2.22. The van der Waals surface area contributed by atoms with Crippen molar-refractivity contribution in [3.8, 4) is 11.5 Å². The number of ether oxygens (including phenoxy) is 1. The van der Waals surface area contributed by atoms with Crippen molar-refractivity contribution < 1.29 is 4.74 Å². The smallest absolute Gasteiger partial charge is 0.131 e. The monoisotopic (exact) mass is 279 g/mol. The maximum atomic E-state index is 6.29. The van der Waals surface area contributed by atoms with Gasteiger partial charge in [0.15, 0.2) is 0 Å². The van der Waals surface area contributed by atoms with Crippen LogP contribution < -0.4 is 4.74 Å². The van der Waals surface area contributed by atoms with Gasteiger partial charge in [-0.2, -0.15) is 0 Å². The molecule has 2 nitrogen and oxygen atoms in total. The lowest BCUT2D eigenvalue weighted by molar-refractivity contribution is 0.336. The predicted octanol–water partition coefficient (Wildman–Crippen LogP) is 3.95. The molecule has 2 aliphatic rings. The zero-order valence-electron chi connectivity index (χ0n) is 12.9. The van der Waals surface area contributed by atoms with E-state index in [4.69, 9.17) is 4.74 Å². The summed E-state index contributed by atoms with van der Waals surface area (Å²) in [6.07, 6.45) is 0. The van der Waals surface area contributed by atoms with E-state index in [1.54, 1.807) is 0 Å². The maximum absolute atomic E-state index is 6.29. The summed E-state index contributed by atoms with van der Waals surface area (Å²) in [6, 6.07) is 17.0. The number of likely N-dealkylation sites (N-methyl/N-ethyl adjacent to an activating group) is 1. The van der Waals surface area contributed by atoms with Gasteiger partial charge in [0.05, 0.1) is 0 Å². The highest BCUT2D eigenvalue weighted by Crippen LogP contribution is 2.56. The molecule has 0 amide bonds. The van der Waals surface area contributed by atoms with Crippen molar-refractivity contribution in [3.63, 3.8) is 0 Å². The largest absolute Gasteiger partial charge is 0.457 e. The number of hydrogen-bond acceptors (Lipinski definition) is 2. The standard InChI is InChI=1S/C19H21NO/c1-18-12-20(3)13-19(18,2)15-9-5-7-11-17(15)21-16-10-6-4-8-14(16)18/h4-11H,12-13H2,1-3H3/t18-,19-/m1/s1. The molecule has 108 valence electrons. The van der Waals surface area contributed by atoms with Gasteiger partial charge in [-0.1, -0.05) is 50.2 Å². The number of benzene rings is 2. The van der Waals surface area contributed by atoms with Crippen LogP contribution >= 0.6 is 0 Å². The molecule has 0 bridgehead atoms. The van der Waals surface area contributed by atoms with Crippen molar-refractivity contribution in [2.75, 3.05) is 20.1 Å². The molecule has 2 aromatic carbocycles. The summed E-state index contributed by atoms with van der Waals surface area (Å²) in [5, 5.41) is 0. The zero-order valence-corrected chi connectivity index (χ0v) is 12.9. The van der Waals surface area contributed by atoms with Crippen LogP contribution in [0.4, 0.5) is 0 Å². The topological polar surface area (TPSA) is 12.5 Å². The third-order valence-electron chi connectivity index (χ3n) is 5.57. The summed E-state index contributed by atoms with van der Waals surface area (Å²) >= 11 is 0. The van der Waals surface area contributed by atoms with Crippen molar-refractivity contribution in [1.82, 2.24) is 4.90 Å². The van der Waals surface area contributed by atoms with Gasteiger partial charge in [0.1, 0.15) is 11.5 Å². The zero-order chi connectivity index (χ0) is 14.7. The molecule has 2 aliphatic heterocycles. The Morgan fingerprint density at radius 2 is 1.24 bits per heavy atom. The van der Waals surface area contributed by atoms with E-state index in [2.05, 4.69) is 74.3 Å². The molecule has 0 radical (unpaired) electrons. The summed E-state index contributed by atoms with van der Waals surface area (Å²) in [5.74, 6) is 2.01. The summed E-state index contributed by atoms with van der Waals surface area (Å²) in [6.45, 7) is 6.89. The van der Waals surface area contributed by atoms with E-state index in [9.17, 15) is 0 Å². The van der Waals surface area contributed by atoms with Gasteiger partial charge < -0.3 is 9.64 Å². The second-order valence-electron chi connectivity index (χ2n) is 6.93. The molecule has 0 unspecified atom stereocenters. The average Bonchev–Trinajstić information content (AvgIpc) is 2.67. The number of para-hydroxylation sites is 2. The van der Waals surface area contributed by atoms with Gasteiger partial charge in [-0.05, 0) is 19.2 Å². The van der Waals surface area contributed by atoms with E-state index in [1.807, 2.05) is 0 Å². The van der Waals surface area contributed by atoms with Crippen molar-refractivity contribution in [3.05, 3.63) is 59.7 Å². The number of hydrogen-bond donors (Lipinski definition) is 0. The van der Waals surface area contributed by atoms with Crippen LogP contribution in [0.1, 0.15) is 25.0 Å². The number of rotatable bonds is 0. The molecule has 0 spiro atoms. The first-order chi connectivity index (χ1) is 10.0. The van der Waals surface area contributed by atoms with Crippen LogP contribution in [0.2, 0.25) is 0 Å². The number of nitrogens with zero attached hydrogens (tertiary/aromatic N) is 1. The summed E-state index contributed by atoms with van der Waals surface area (Å²) < 4.78 is 6.29. The molecule has 1 fully saturated rings. The quantitative estimate of drug-likeness (QED) is 0.724. The van der Waals surface area contributed by atoms with Crippen LogP contribution in [0, 0.1) is 0 Å². The molecule has 0 aromatic heterocycles. The first-order valence-corrected chi connectivity index (χ1v) is 7.60. The molecule has 0 saturated carbocycles. The van der Waals surface area contributed by atoms with E-state index >= 15 is 0 Å². The SMILES string of the molecule is CN1C[C@]2(C)c3ccccc3Oc3ccccc3[C@@]2(C)C1. The molecular weight excluding hydrogens is 258 g/mol. The molecular formula is C19H21NO. The first-order valence-electron chi connectivity index (χ1n) is 7.60. The maximum Gasteiger partial charge on any atom is 0.131 e. The highest BCUT2D eigenvalue weighted by Gasteiger charge is 2.56. The van der Waals surface area contributed by atoms with Crippen molar-refractivity contribution in [2.45, 2.75) is 24.7 Å². The minimum absolute atomic E-state index is 0.0605. The first kappa shape index (κ1) is 12.9. The van der Waals surface area contributed by atoms with Gasteiger partial charge >= 0.3 is 0 Å². The van der Waals surface area contributed by atoms with Crippen LogP contribution in [-0.2, 0) is 10.8 Å². The fourth-order valence-corrected chi connectivity index (χ4v) is 4.39. The minimum Gasteiger partial charge on any atom is -0.457 e. The molecule has 2 heteroatoms. The highest BCUT2D eigenvalue weighted by molar-refractivity contribution is 5.55. The Bertz CT molecular complexity index is 651. The van der Waals surface area contributed by atoms with Gasteiger partial charge in [0, 0.05) is 35.0 Å². The van der Waals surface area contributed by atoms with Crippen LogP contribution in [0.15, 0.2) is 48.5 Å². The lowest BCUT2D eigenvalue weighted by Crippen LogP contribution is -2.43. The molecule has 21 heavy (non-hydrogen) atoms. The molecule has 2 aromatic rings. The van der Waals surface area contributed by atoms with Crippen LogP contribution in [0.3, 0.4) is 0 Å². The van der Waals surface area contributed by atoms with Crippen molar-refractivity contribution in [2.24, 2.45) is 0 Å². The summed E-state index contributed by atoms with van der Waals surface area (Å²) in [4.78, 5) is 2.44. The Labute approximate surface area is 126 Å². The third-order valence-corrected chi connectivity index (χ3v) is 5.57. The summed E-state index contributed by atoms with van der Waals surface area (Å²) in [5.41, 5.74) is 2.77. The van der Waals surface area contributed by atoms with Gasteiger partial charge in [0.25, 0.3) is 0 Å². The van der Waals surface area contributed by atoms with Gasteiger partial charge in [-0.25, -0.2) is 0 Å². The van der Waals surface area contributed by atoms with E-state index < -0.39 is 0 Å². The number of fused-ring (bicyclic) bond motifs is 5. The normalized spacial score (nSPS) is 30.8. The molecule has 4 rings (SSSR count). The van der Waals surface area contributed by atoms with Crippen molar-refractivity contribution in [1.29, 1.82) is 0 Å². The molecule has 0 N–H and O–H groups in total. The second-order valence-corrected chi connectivity index (χ2v) is 6.93. The lowest BCUT2D eigenvalue weighted by Gasteiger charge is -2.39. The molecule has 1 saturated heterocycles. The van der Waals surface area contributed by atoms with Gasteiger partial charge in [-0.3, -0.25) is 0 Å². The van der Waals surface area contributed by atoms with Crippen LogP contribution in [-0.4, -0.2) is 25.0 Å². The fraction of sp³-hybridized carbons (Fsp3) is 0.368. The third kappa shape index (κ3) is 1.57. The minimum atomic E-state index is 0.0605. The Morgan fingerprint density at radius 3 is 1.71 bits per heavy atom. The van der Waals surface area contributed by atoms with E-state index in [0.717, 1.165) is 24.6 Å². The highest BCUT2D eigenvalue weighted by atomic mass is 16.5. The molecule has 0 aliphatic carbocycles. The van der Waals surface area contributed by atoms with E-state index in [0.29, 0.717) is 0 Å². The number of likely N-dealkylation sites (tertiary alicyclic amines) is 1. The van der Waals surface area contributed by atoms with E-state index in [1.165, 1.54) is 11.1 Å². The lowest BCUT2D eigenvalue weighted by atomic mass is 9.61. The Kier molecular flexibility index (Phi) is 2.52. The van der Waals surface area contributed by atoms with E-state index in [-0.39, 0.29) is 10.8 Å². The van der Waals surface area contributed by atoms with Gasteiger partial charge in [0.2, 0.25) is 0 Å². The van der Waals surface area contributed by atoms with Crippen LogP contribution in [0.25, 0.3) is 0 Å². The Balaban J connectivity index is 2.07. The molecule has 2 heterocycles. The fourth-order valence-electron chi connectivity index (χ4n) is 4.39. The van der Waals surface area contributed by atoms with Gasteiger partial charge in [-0.15, -0.1) is 0 Å². The second kappa shape index (κ2) is 4.11. The van der Waals surface area contributed by atoms with Crippen molar-refractivity contribution >= 4 is 0 Å². The Morgan fingerprint density at radius 1 is 0.810 bits per heavy atom.